The van der Waals surface area contributed by atoms with Crippen molar-refractivity contribution >= 4 is 0 Å². The van der Waals surface area contributed by atoms with Gasteiger partial charge in [0.1, 0.15) is 0 Å². The van der Waals surface area contributed by atoms with Crippen LogP contribution in [0.5, 0.6) is 0 Å². The molecule has 0 saturated carbocycles. The lowest BCUT2D eigenvalue weighted by Gasteiger charge is -1.95. The minimum Gasteiger partial charge on any atom is -0.389 e. The molecule has 0 aliphatic carbocycles. The molecule has 0 radical (unpaired) electrons. The topological polar surface area (TPSA) is 20.2 Å². The lowest BCUT2D eigenvalue weighted by Crippen LogP contribution is -1.96. The third-order valence-corrected chi connectivity index (χ3v) is 0.833. The van der Waals surface area contributed by atoms with E-state index in [1.54, 1.807) is 6.08 Å². The highest BCUT2D eigenvalue weighted by Crippen LogP contribution is 1.89. The summed E-state index contributed by atoms with van der Waals surface area (Å²) in [6.07, 6.45) is 4.21. The highest BCUT2D eigenvalue weighted by atomic mass is 16.3. The minimum absolute atomic E-state index is 0.231. The number of aliphatic hydroxyl groups excluding tert-OH is 1. The largest absolute Gasteiger partial charge is 0.389 e. The Morgan fingerprint density at radius 3 is 2.43 bits per heavy atom. The van der Waals surface area contributed by atoms with Crippen molar-refractivity contribution in [3.8, 4) is 0 Å². The second-order valence-electron chi connectivity index (χ2n) is 1.50. The van der Waals surface area contributed by atoms with Crippen LogP contribution in [-0.2, 0) is 0 Å². The quantitative estimate of drug-likeness (QED) is 0.519. The molecule has 0 aromatic rings. The second kappa shape index (κ2) is 3.88. The first-order chi connectivity index (χ1) is 3.31. The van der Waals surface area contributed by atoms with Gasteiger partial charge < -0.3 is 5.11 Å². The molecule has 0 rings (SSSR count). The van der Waals surface area contributed by atoms with Crippen molar-refractivity contribution in [3.63, 3.8) is 0 Å². The van der Waals surface area contributed by atoms with Gasteiger partial charge in [-0.2, -0.15) is 0 Å². The molecule has 0 bridgehead atoms. The molecule has 0 aromatic heterocycles. The molecule has 0 fully saturated rings. The number of hydrogen-bond acceptors (Lipinski definition) is 1. The molecule has 0 spiro atoms. The van der Waals surface area contributed by atoms with Gasteiger partial charge in [-0.25, -0.2) is 0 Å². The zero-order valence-electron chi connectivity index (χ0n) is 4.89. The highest BCUT2D eigenvalue weighted by molar-refractivity contribution is 4.83. The third-order valence-electron chi connectivity index (χ3n) is 0.833. The Kier molecular flexibility index (Phi) is 3.71. The van der Waals surface area contributed by atoms with Crippen LogP contribution in [-0.4, -0.2) is 11.2 Å². The van der Waals surface area contributed by atoms with E-state index in [0.717, 1.165) is 6.42 Å². The van der Waals surface area contributed by atoms with Gasteiger partial charge in [-0.05, 0) is 13.3 Å². The van der Waals surface area contributed by atoms with E-state index in [1.165, 1.54) is 0 Å². The lowest BCUT2D eigenvalue weighted by atomic mass is 10.3. The van der Waals surface area contributed by atoms with Crippen molar-refractivity contribution in [1.29, 1.82) is 0 Å². The number of hydrogen-bond donors (Lipinski definition) is 1. The average Bonchev–Trinajstić information content (AvgIpc) is 1.68. The maximum atomic E-state index is 8.77. The van der Waals surface area contributed by atoms with Crippen LogP contribution in [0.3, 0.4) is 0 Å². The summed E-state index contributed by atoms with van der Waals surface area (Å²) in [6.45, 7) is 3.85. The molecule has 0 amide bonds. The molecule has 0 saturated heterocycles. The summed E-state index contributed by atoms with van der Waals surface area (Å²) >= 11 is 0. The SMILES string of the molecule is C/C=C/[C@@H](O)CC. The summed E-state index contributed by atoms with van der Waals surface area (Å²) in [5.41, 5.74) is 0. The first-order valence-electron chi connectivity index (χ1n) is 2.62. The predicted octanol–water partition coefficient (Wildman–Crippen LogP) is 1.33. The molecule has 1 atom stereocenters. The molecule has 0 heterocycles. The van der Waals surface area contributed by atoms with Crippen molar-refractivity contribution in [1.82, 2.24) is 0 Å². The van der Waals surface area contributed by atoms with Crippen molar-refractivity contribution in [2.24, 2.45) is 0 Å². The summed E-state index contributed by atoms with van der Waals surface area (Å²) in [5.74, 6) is 0. The summed E-state index contributed by atoms with van der Waals surface area (Å²) < 4.78 is 0. The summed E-state index contributed by atoms with van der Waals surface area (Å²) in [5, 5.41) is 8.77. The van der Waals surface area contributed by atoms with Gasteiger partial charge in [0.05, 0.1) is 6.10 Å². The highest BCUT2D eigenvalue weighted by Gasteiger charge is 1.87. The van der Waals surface area contributed by atoms with Gasteiger partial charge in [0, 0.05) is 0 Å². The molecule has 0 aliphatic heterocycles. The molecule has 1 N–H and O–H groups in total. The van der Waals surface area contributed by atoms with Crippen LogP contribution in [0.15, 0.2) is 12.2 Å². The van der Waals surface area contributed by atoms with Crippen LogP contribution in [0.4, 0.5) is 0 Å². The van der Waals surface area contributed by atoms with Crippen LogP contribution in [0.25, 0.3) is 0 Å². The van der Waals surface area contributed by atoms with Crippen LogP contribution in [0.2, 0.25) is 0 Å². The average molecular weight is 100 g/mol. The molecule has 1 heteroatoms. The van der Waals surface area contributed by atoms with E-state index in [-0.39, 0.29) is 6.10 Å². The van der Waals surface area contributed by atoms with Crippen LogP contribution < -0.4 is 0 Å². The van der Waals surface area contributed by atoms with Crippen molar-refractivity contribution in [2.45, 2.75) is 26.4 Å². The van der Waals surface area contributed by atoms with Gasteiger partial charge >= 0.3 is 0 Å². The number of aliphatic hydroxyl groups is 1. The molecular formula is C6H12O. The van der Waals surface area contributed by atoms with Crippen molar-refractivity contribution in [2.75, 3.05) is 0 Å². The normalized spacial score (nSPS) is 15.3. The van der Waals surface area contributed by atoms with Crippen LogP contribution in [0, 0.1) is 0 Å². The fraction of sp³-hybridized carbons (Fsp3) is 0.667. The summed E-state index contributed by atoms with van der Waals surface area (Å²) in [7, 11) is 0. The van der Waals surface area contributed by atoms with Crippen molar-refractivity contribution in [3.05, 3.63) is 12.2 Å². The van der Waals surface area contributed by atoms with Gasteiger partial charge in [-0.15, -0.1) is 0 Å². The number of allylic oxidation sites excluding steroid dienone is 1. The summed E-state index contributed by atoms with van der Waals surface area (Å²) in [4.78, 5) is 0. The number of rotatable bonds is 2. The van der Waals surface area contributed by atoms with E-state index in [9.17, 15) is 0 Å². The monoisotopic (exact) mass is 100 g/mol. The molecule has 42 valence electrons. The Morgan fingerprint density at radius 2 is 2.29 bits per heavy atom. The molecule has 0 aromatic carbocycles. The molecule has 1 nitrogen and oxygen atoms in total. The van der Waals surface area contributed by atoms with E-state index < -0.39 is 0 Å². The van der Waals surface area contributed by atoms with Gasteiger partial charge in [-0.1, -0.05) is 19.1 Å². The van der Waals surface area contributed by atoms with Gasteiger partial charge in [-0.3, -0.25) is 0 Å². The Balaban J connectivity index is 3.16. The molecule has 0 unspecified atom stereocenters. The fourth-order valence-electron chi connectivity index (χ4n) is 0.358. The maximum absolute atomic E-state index is 8.77. The third kappa shape index (κ3) is 3.53. The second-order valence-corrected chi connectivity index (χ2v) is 1.50. The maximum Gasteiger partial charge on any atom is 0.0718 e. The standard InChI is InChI=1S/C6H12O/c1-3-5-6(7)4-2/h3,5-7H,4H2,1-2H3/b5-3+/t6-/m0/s1. The Bertz CT molecular complexity index is 57.2. The molecule has 0 aliphatic rings. The zero-order valence-corrected chi connectivity index (χ0v) is 4.89. The zero-order chi connectivity index (χ0) is 5.70. The van der Waals surface area contributed by atoms with Gasteiger partial charge in [0.2, 0.25) is 0 Å². The summed E-state index contributed by atoms with van der Waals surface area (Å²) in [6, 6.07) is 0. The first-order valence-corrected chi connectivity index (χ1v) is 2.62. The Labute approximate surface area is 44.7 Å². The Morgan fingerprint density at radius 1 is 1.71 bits per heavy atom. The molecule has 7 heavy (non-hydrogen) atoms. The van der Waals surface area contributed by atoms with Gasteiger partial charge in [0.15, 0.2) is 0 Å². The van der Waals surface area contributed by atoms with E-state index in [2.05, 4.69) is 0 Å². The van der Waals surface area contributed by atoms with Crippen LogP contribution >= 0.6 is 0 Å². The van der Waals surface area contributed by atoms with Crippen molar-refractivity contribution < 1.29 is 5.11 Å². The van der Waals surface area contributed by atoms with E-state index in [1.807, 2.05) is 19.9 Å². The predicted molar refractivity (Wildman–Crippen MR) is 31.1 cm³/mol. The van der Waals surface area contributed by atoms with E-state index >= 15 is 0 Å². The van der Waals surface area contributed by atoms with Crippen LogP contribution in [0.1, 0.15) is 20.3 Å². The fourth-order valence-corrected chi connectivity index (χ4v) is 0.358. The van der Waals surface area contributed by atoms with Gasteiger partial charge in [0.25, 0.3) is 0 Å². The molecular weight excluding hydrogens is 88.1 g/mol. The lowest BCUT2D eigenvalue weighted by molar-refractivity contribution is 0.219. The van der Waals surface area contributed by atoms with E-state index in [4.69, 9.17) is 5.11 Å². The minimum atomic E-state index is -0.231. The van der Waals surface area contributed by atoms with E-state index in [0.29, 0.717) is 0 Å². The smallest absolute Gasteiger partial charge is 0.0718 e. The first kappa shape index (κ1) is 6.70. The Hall–Kier alpha value is -0.300.